The van der Waals surface area contributed by atoms with Gasteiger partial charge < -0.3 is 5.32 Å². The molecule has 1 unspecified atom stereocenters. The number of rotatable bonds is 4. The topological polar surface area (TPSA) is 12.0 Å². The van der Waals surface area contributed by atoms with Gasteiger partial charge in [0.1, 0.15) is 0 Å². The second kappa shape index (κ2) is 7.04. The zero-order chi connectivity index (χ0) is 13.0. The molecule has 1 heterocycles. The van der Waals surface area contributed by atoms with Crippen LogP contribution >= 0.6 is 35.0 Å². The Morgan fingerprint density at radius 1 is 1.33 bits per heavy atom. The summed E-state index contributed by atoms with van der Waals surface area (Å²) in [7, 11) is 0. The van der Waals surface area contributed by atoms with E-state index in [0.717, 1.165) is 23.0 Å². The lowest BCUT2D eigenvalue weighted by molar-refractivity contribution is 0.421. The molecule has 1 aromatic carbocycles. The van der Waals surface area contributed by atoms with Gasteiger partial charge in [0.15, 0.2) is 0 Å². The molecule has 0 radical (unpaired) electrons. The molecule has 1 aliphatic heterocycles. The fourth-order valence-electron chi connectivity index (χ4n) is 2.26. The first-order valence-electron chi connectivity index (χ1n) is 6.43. The van der Waals surface area contributed by atoms with E-state index in [1.165, 1.54) is 24.3 Å². The van der Waals surface area contributed by atoms with E-state index in [-0.39, 0.29) is 6.04 Å². The minimum absolute atomic E-state index is 0.282. The molecule has 1 nitrogen and oxygen atoms in total. The van der Waals surface area contributed by atoms with Gasteiger partial charge in [0, 0.05) is 16.1 Å². The predicted octanol–water partition coefficient (Wildman–Crippen LogP) is 4.79. The normalized spacial score (nSPS) is 18.8. The van der Waals surface area contributed by atoms with Gasteiger partial charge in [0.2, 0.25) is 0 Å². The van der Waals surface area contributed by atoms with E-state index in [2.05, 4.69) is 24.0 Å². The summed E-state index contributed by atoms with van der Waals surface area (Å²) in [6.45, 7) is 3.24. The van der Waals surface area contributed by atoms with Crippen LogP contribution in [0, 0.1) is 5.92 Å². The predicted molar refractivity (Wildman–Crippen MR) is 82.9 cm³/mol. The van der Waals surface area contributed by atoms with Crippen LogP contribution in [0.15, 0.2) is 18.2 Å². The summed E-state index contributed by atoms with van der Waals surface area (Å²) in [5.41, 5.74) is 1.13. The molecule has 0 aliphatic carbocycles. The molecule has 2 rings (SSSR count). The highest BCUT2D eigenvalue weighted by atomic mass is 35.5. The molecule has 1 aromatic rings. The molecule has 4 heteroatoms. The maximum absolute atomic E-state index is 6.22. The minimum Gasteiger partial charge on any atom is -0.310 e. The second-order valence-electron chi connectivity index (χ2n) is 4.85. The van der Waals surface area contributed by atoms with E-state index in [0.29, 0.717) is 5.02 Å². The summed E-state index contributed by atoms with van der Waals surface area (Å²) in [5.74, 6) is 3.44. The molecular formula is C14H19Cl2NS. The van der Waals surface area contributed by atoms with Crippen molar-refractivity contribution in [1.29, 1.82) is 0 Å². The molecule has 1 atom stereocenters. The van der Waals surface area contributed by atoms with Crippen LogP contribution in [0.25, 0.3) is 0 Å². The Hall–Kier alpha value is 0.110. The molecule has 0 spiro atoms. The highest BCUT2D eigenvalue weighted by Gasteiger charge is 2.16. The third-order valence-corrected chi connectivity index (χ3v) is 5.09. The van der Waals surface area contributed by atoms with Crippen molar-refractivity contribution in [2.75, 3.05) is 18.1 Å². The highest BCUT2D eigenvalue weighted by Crippen LogP contribution is 2.27. The highest BCUT2D eigenvalue weighted by molar-refractivity contribution is 7.99. The number of hydrogen-bond donors (Lipinski definition) is 1. The van der Waals surface area contributed by atoms with Crippen molar-refractivity contribution in [1.82, 2.24) is 5.32 Å². The van der Waals surface area contributed by atoms with Gasteiger partial charge in [-0.25, -0.2) is 0 Å². The van der Waals surface area contributed by atoms with Crippen LogP contribution in [0.1, 0.15) is 31.4 Å². The van der Waals surface area contributed by atoms with Crippen LogP contribution in [0.4, 0.5) is 0 Å². The standard InChI is InChI=1S/C14H19Cl2NS/c1-10(13-3-2-12(15)8-14(13)16)17-9-11-4-6-18-7-5-11/h2-3,8,10-11,17H,4-7,9H2,1H3. The van der Waals surface area contributed by atoms with Crippen molar-refractivity contribution in [2.45, 2.75) is 25.8 Å². The van der Waals surface area contributed by atoms with E-state index in [1.54, 1.807) is 0 Å². The van der Waals surface area contributed by atoms with Crippen molar-refractivity contribution in [2.24, 2.45) is 5.92 Å². The third-order valence-electron chi connectivity index (χ3n) is 3.48. The van der Waals surface area contributed by atoms with Crippen molar-refractivity contribution in [3.63, 3.8) is 0 Å². The lowest BCUT2D eigenvalue weighted by Gasteiger charge is -2.24. The molecule has 0 aromatic heterocycles. The fourth-order valence-corrected chi connectivity index (χ4v) is 4.03. The van der Waals surface area contributed by atoms with E-state index >= 15 is 0 Å². The fraction of sp³-hybridized carbons (Fsp3) is 0.571. The molecule has 1 N–H and O–H groups in total. The van der Waals surface area contributed by atoms with E-state index < -0.39 is 0 Å². The summed E-state index contributed by atoms with van der Waals surface area (Å²) < 4.78 is 0. The number of thioether (sulfide) groups is 1. The van der Waals surface area contributed by atoms with E-state index in [9.17, 15) is 0 Å². The average molecular weight is 304 g/mol. The maximum Gasteiger partial charge on any atom is 0.0468 e. The monoisotopic (exact) mass is 303 g/mol. The number of benzene rings is 1. The van der Waals surface area contributed by atoms with Crippen LogP contribution in [0.3, 0.4) is 0 Å². The zero-order valence-electron chi connectivity index (χ0n) is 10.6. The summed E-state index contributed by atoms with van der Waals surface area (Å²) in [4.78, 5) is 0. The Labute approximate surface area is 124 Å². The van der Waals surface area contributed by atoms with Gasteiger partial charge in [-0.1, -0.05) is 29.3 Å². The first-order valence-corrected chi connectivity index (χ1v) is 8.34. The van der Waals surface area contributed by atoms with E-state index in [4.69, 9.17) is 23.2 Å². The average Bonchev–Trinajstić information content (AvgIpc) is 2.37. The van der Waals surface area contributed by atoms with Crippen LogP contribution in [-0.4, -0.2) is 18.1 Å². The Bertz CT molecular complexity index is 391. The summed E-state index contributed by atoms with van der Waals surface area (Å²) >= 11 is 14.2. The van der Waals surface area contributed by atoms with Crippen LogP contribution < -0.4 is 5.32 Å². The molecule has 1 saturated heterocycles. The SMILES string of the molecule is CC(NCC1CCSCC1)c1ccc(Cl)cc1Cl. The van der Waals surface area contributed by atoms with Crippen molar-refractivity contribution < 1.29 is 0 Å². The summed E-state index contributed by atoms with van der Waals surface area (Å²) in [5, 5.41) is 5.04. The Morgan fingerprint density at radius 2 is 2.06 bits per heavy atom. The lowest BCUT2D eigenvalue weighted by atomic mass is 10.0. The molecule has 0 saturated carbocycles. The maximum atomic E-state index is 6.22. The van der Waals surface area contributed by atoms with E-state index in [1.807, 2.05) is 18.2 Å². The van der Waals surface area contributed by atoms with Crippen LogP contribution in [0.2, 0.25) is 10.0 Å². The summed E-state index contributed by atoms with van der Waals surface area (Å²) in [6.07, 6.45) is 2.66. The van der Waals surface area contributed by atoms with Gasteiger partial charge in [0.25, 0.3) is 0 Å². The van der Waals surface area contributed by atoms with Gasteiger partial charge >= 0.3 is 0 Å². The Balaban J connectivity index is 1.88. The van der Waals surface area contributed by atoms with Gasteiger partial charge in [0.05, 0.1) is 0 Å². The number of halogens is 2. The number of hydrogen-bond acceptors (Lipinski definition) is 2. The second-order valence-corrected chi connectivity index (χ2v) is 6.92. The van der Waals surface area contributed by atoms with Crippen molar-refractivity contribution >= 4 is 35.0 Å². The molecular weight excluding hydrogens is 285 g/mol. The minimum atomic E-state index is 0.282. The molecule has 0 bridgehead atoms. The van der Waals surface area contributed by atoms with Crippen molar-refractivity contribution in [3.8, 4) is 0 Å². The first kappa shape index (κ1) is 14.5. The van der Waals surface area contributed by atoms with Crippen LogP contribution in [-0.2, 0) is 0 Å². The van der Waals surface area contributed by atoms with Gasteiger partial charge in [-0.3, -0.25) is 0 Å². The quantitative estimate of drug-likeness (QED) is 0.858. The molecule has 18 heavy (non-hydrogen) atoms. The molecule has 1 aliphatic rings. The largest absolute Gasteiger partial charge is 0.310 e. The smallest absolute Gasteiger partial charge is 0.0468 e. The van der Waals surface area contributed by atoms with Gasteiger partial charge in [-0.15, -0.1) is 0 Å². The van der Waals surface area contributed by atoms with Crippen molar-refractivity contribution in [3.05, 3.63) is 33.8 Å². The Kier molecular flexibility index (Phi) is 5.68. The number of nitrogens with one attached hydrogen (secondary N) is 1. The zero-order valence-corrected chi connectivity index (χ0v) is 12.9. The molecule has 1 fully saturated rings. The van der Waals surface area contributed by atoms with Crippen LogP contribution in [0.5, 0.6) is 0 Å². The van der Waals surface area contributed by atoms with Gasteiger partial charge in [-0.05, 0) is 61.4 Å². The summed E-state index contributed by atoms with van der Waals surface area (Å²) in [6, 6.07) is 6.01. The first-order chi connectivity index (χ1) is 8.66. The third kappa shape index (κ3) is 4.06. The lowest BCUT2D eigenvalue weighted by Crippen LogP contribution is -2.28. The molecule has 0 amide bonds. The van der Waals surface area contributed by atoms with Gasteiger partial charge in [-0.2, -0.15) is 11.8 Å². The molecule has 100 valence electrons. The Morgan fingerprint density at radius 3 is 2.72 bits per heavy atom.